The molecule has 0 fully saturated rings. The summed E-state index contributed by atoms with van der Waals surface area (Å²) < 4.78 is 5.22. The van der Waals surface area contributed by atoms with Crippen molar-refractivity contribution in [2.75, 3.05) is 0 Å². The molecule has 0 aliphatic carbocycles. The predicted molar refractivity (Wildman–Crippen MR) is 76.4 cm³/mol. The molecule has 0 aliphatic rings. The first-order chi connectivity index (χ1) is 9.74. The highest BCUT2D eigenvalue weighted by Crippen LogP contribution is 2.30. The van der Waals surface area contributed by atoms with E-state index >= 15 is 0 Å². The molecule has 0 aliphatic heterocycles. The molecule has 0 radical (unpaired) electrons. The summed E-state index contributed by atoms with van der Waals surface area (Å²) in [7, 11) is 0. The summed E-state index contributed by atoms with van der Waals surface area (Å²) in [6.45, 7) is 3.85. The first kappa shape index (κ1) is 11.2. The van der Waals surface area contributed by atoms with Crippen LogP contribution in [0.15, 0.2) is 35.2 Å². The third-order valence-corrected chi connectivity index (χ3v) is 3.56. The molecule has 5 nitrogen and oxygen atoms in total. The molecule has 98 valence electrons. The number of rotatable bonds is 1. The zero-order valence-electron chi connectivity index (χ0n) is 11.1. The zero-order chi connectivity index (χ0) is 13.7. The Hall–Kier alpha value is -2.69. The SMILES string of the molecule is Cc1noc(C)c1-c1cnc2c(c1)[nH]c1ccncc12. The van der Waals surface area contributed by atoms with Crippen molar-refractivity contribution < 1.29 is 4.52 Å². The quantitative estimate of drug-likeness (QED) is 0.572. The van der Waals surface area contributed by atoms with E-state index in [9.17, 15) is 0 Å². The lowest BCUT2D eigenvalue weighted by atomic mass is 10.1. The summed E-state index contributed by atoms with van der Waals surface area (Å²) in [4.78, 5) is 12.1. The fourth-order valence-electron chi connectivity index (χ4n) is 2.64. The van der Waals surface area contributed by atoms with Gasteiger partial charge in [0.2, 0.25) is 0 Å². The van der Waals surface area contributed by atoms with Crippen molar-refractivity contribution in [2.45, 2.75) is 13.8 Å². The van der Waals surface area contributed by atoms with Crippen molar-refractivity contribution in [1.29, 1.82) is 0 Å². The van der Waals surface area contributed by atoms with Crippen LogP contribution < -0.4 is 0 Å². The number of hydrogen-bond donors (Lipinski definition) is 1. The lowest BCUT2D eigenvalue weighted by Gasteiger charge is -1.99. The molecule has 0 saturated carbocycles. The monoisotopic (exact) mass is 264 g/mol. The Morgan fingerprint density at radius 3 is 2.85 bits per heavy atom. The average Bonchev–Trinajstić information content (AvgIpc) is 2.98. The van der Waals surface area contributed by atoms with Crippen LogP contribution >= 0.6 is 0 Å². The molecule has 4 aromatic heterocycles. The van der Waals surface area contributed by atoms with Crippen LogP contribution in [0.25, 0.3) is 33.1 Å². The zero-order valence-corrected chi connectivity index (χ0v) is 11.1. The standard InChI is InChI=1S/C15H12N4O/c1-8-14(9(2)20-19-8)10-5-13-15(17-6-10)11-7-16-4-3-12(11)18-13/h3-7,18H,1-2H3. The van der Waals surface area contributed by atoms with Crippen molar-refractivity contribution in [3.8, 4) is 11.1 Å². The minimum absolute atomic E-state index is 0.807. The fourth-order valence-corrected chi connectivity index (χ4v) is 2.64. The van der Waals surface area contributed by atoms with E-state index in [0.29, 0.717) is 0 Å². The molecule has 0 bridgehead atoms. The Labute approximate surface area is 114 Å². The summed E-state index contributed by atoms with van der Waals surface area (Å²) in [5.74, 6) is 0.807. The van der Waals surface area contributed by atoms with E-state index < -0.39 is 0 Å². The maximum atomic E-state index is 5.22. The van der Waals surface area contributed by atoms with Gasteiger partial charge in [0, 0.05) is 35.1 Å². The van der Waals surface area contributed by atoms with Crippen molar-refractivity contribution >= 4 is 21.9 Å². The van der Waals surface area contributed by atoms with Crippen molar-refractivity contribution in [1.82, 2.24) is 20.1 Å². The highest BCUT2D eigenvalue weighted by atomic mass is 16.5. The summed E-state index contributed by atoms with van der Waals surface area (Å²) in [6.07, 6.45) is 5.46. The van der Waals surface area contributed by atoms with Gasteiger partial charge >= 0.3 is 0 Å². The maximum Gasteiger partial charge on any atom is 0.141 e. The second kappa shape index (κ2) is 3.90. The molecule has 0 amide bonds. The molecule has 0 spiro atoms. The Balaban J connectivity index is 2.02. The number of aryl methyl sites for hydroxylation is 2. The molecule has 0 aromatic carbocycles. The van der Waals surface area contributed by atoms with E-state index in [1.807, 2.05) is 32.3 Å². The minimum atomic E-state index is 0.807. The van der Waals surface area contributed by atoms with Gasteiger partial charge in [-0.2, -0.15) is 0 Å². The molecule has 0 saturated heterocycles. The van der Waals surface area contributed by atoms with Gasteiger partial charge in [-0.25, -0.2) is 0 Å². The van der Waals surface area contributed by atoms with Gasteiger partial charge in [-0.3, -0.25) is 9.97 Å². The van der Waals surface area contributed by atoms with Gasteiger partial charge < -0.3 is 9.51 Å². The second-order valence-corrected chi connectivity index (χ2v) is 4.87. The van der Waals surface area contributed by atoms with E-state index in [2.05, 4.69) is 26.2 Å². The van der Waals surface area contributed by atoms with Crippen LogP contribution in [0.2, 0.25) is 0 Å². The van der Waals surface area contributed by atoms with Crippen LogP contribution in [-0.4, -0.2) is 20.1 Å². The molecular weight excluding hydrogens is 252 g/mol. The van der Waals surface area contributed by atoms with Crippen LogP contribution in [0.4, 0.5) is 0 Å². The lowest BCUT2D eigenvalue weighted by Crippen LogP contribution is -1.84. The van der Waals surface area contributed by atoms with Crippen LogP contribution in [-0.2, 0) is 0 Å². The molecule has 0 atom stereocenters. The third kappa shape index (κ3) is 1.46. The topological polar surface area (TPSA) is 67.6 Å². The Kier molecular flexibility index (Phi) is 2.18. The third-order valence-electron chi connectivity index (χ3n) is 3.56. The first-order valence-electron chi connectivity index (χ1n) is 6.39. The highest BCUT2D eigenvalue weighted by Gasteiger charge is 2.13. The fraction of sp³-hybridized carbons (Fsp3) is 0.133. The molecule has 4 rings (SSSR count). The van der Waals surface area contributed by atoms with Gasteiger partial charge in [0.05, 0.1) is 22.2 Å². The molecule has 20 heavy (non-hydrogen) atoms. The number of aromatic amines is 1. The summed E-state index contributed by atoms with van der Waals surface area (Å²) >= 11 is 0. The van der Waals surface area contributed by atoms with Crippen LogP contribution in [0.1, 0.15) is 11.5 Å². The largest absolute Gasteiger partial charge is 0.361 e. The Morgan fingerprint density at radius 2 is 2.05 bits per heavy atom. The predicted octanol–water partition coefficient (Wildman–Crippen LogP) is 3.38. The van der Waals surface area contributed by atoms with Crippen molar-refractivity contribution in [3.63, 3.8) is 0 Å². The highest BCUT2D eigenvalue weighted by molar-refractivity contribution is 6.05. The number of H-pyrrole nitrogens is 1. The van der Waals surface area contributed by atoms with E-state index in [0.717, 1.165) is 44.5 Å². The number of aromatic nitrogens is 4. The summed E-state index contributed by atoms with van der Waals surface area (Å²) in [5.41, 5.74) is 5.86. The van der Waals surface area contributed by atoms with Gasteiger partial charge in [-0.1, -0.05) is 5.16 Å². The molecule has 1 N–H and O–H groups in total. The maximum absolute atomic E-state index is 5.22. The van der Waals surface area contributed by atoms with Gasteiger partial charge in [-0.05, 0) is 26.0 Å². The van der Waals surface area contributed by atoms with E-state index in [1.165, 1.54) is 0 Å². The van der Waals surface area contributed by atoms with Crippen LogP contribution in [0, 0.1) is 13.8 Å². The normalized spacial score (nSPS) is 11.5. The van der Waals surface area contributed by atoms with Crippen LogP contribution in [0.3, 0.4) is 0 Å². The second-order valence-electron chi connectivity index (χ2n) is 4.87. The van der Waals surface area contributed by atoms with E-state index in [4.69, 9.17) is 4.52 Å². The van der Waals surface area contributed by atoms with Gasteiger partial charge in [-0.15, -0.1) is 0 Å². The number of hydrogen-bond acceptors (Lipinski definition) is 4. The van der Waals surface area contributed by atoms with E-state index in [1.54, 1.807) is 6.20 Å². The number of pyridine rings is 2. The van der Waals surface area contributed by atoms with Crippen LogP contribution in [0.5, 0.6) is 0 Å². The van der Waals surface area contributed by atoms with Gasteiger partial charge in [0.1, 0.15) is 5.76 Å². The molecule has 5 heteroatoms. The average molecular weight is 264 g/mol. The molecular formula is C15H12N4O. The smallest absolute Gasteiger partial charge is 0.141 e. The summed E-state index contributed by atoms with van der Waals surface area (Å²) in [6, 6.07) is 4.03. The summed E-state index contributed by atoms with van der Waals surface area (Å²) in [5, 5.41) is 5.03. The van der Waals surface area contributed by atoms with Crippen molar-refractivity contribution in [3.05, 3.63) is 42.2 Å². The molecule has 4 aromatic rings. The van der Waals surface area contributed by atoms with Crippen molar-refractivity contribution in [2.24, 2.45) is 0 Å². The van der Waals surface area contributed by atoms with Gasteiger partial charge in [0.25, 0.3) is 0 Å². The molecule has 0 unspecified atom stereocenters. The molecule has 4 heterocycles. The minimum Gasteiger partial charge on any atom is -0.361 e. The number of nitrogens with one attached hydrogen (secondary N) is 1. The van der Waals surface area contributed by atoms with Gasteiger partial charge in [0.15, 0.2) is 0 Å². The number of fused-ring (bicyclic) bond motifs is 3. The lowest BCUT2D eigenvalue weighted by molar-refractivity contribution is 0.393. The Morgan fingerprint density at radius 1 is 1.15 bits per heavy atom. The van der Waals surface area contributed by atoms with E-state index in [-0.39, 0.29) is 0 Å². The number of nitrogens with zero attached hydrogens (tertiary/aromatic N) is 3. The first-order valence-corrected chi connectivity index (χ1v) is 6.39. The Bertz CT molecular complexity index is 916.